The minimum Gasteiger partial charge on any atom is -0.369 e. The fraction of sp³-hybridized carbons (Fsp3) is 0.778. The fourth-order valence-corrected chi connectivity index (χ4v) is 4.58. The normalized spacial score (nSPS) is 26.8. The number of hydrogen-bond acceptors (Lipinski definition) is 6. The van der Waals surface area contributed by atoms with E-state index < -0.39 is 0 Å². The van der Waals surface area contributed by atoms with Crippen molar-refractivity contribution in [1.82, 2.24) is 20.1 Å². The minimum absolute atomic E-state index is 0.0965. The van der Waals surface area contributed by atoms with Crippen LogP contribution in [-0.2, 0) is 16.1 Å². The summed E-state index contributed by atoms with van der Waals surface area (Å²) in [5.41, 5.74) is -0.0965. The molecule has 1 unspecified atom stereocenters. The van der Waals surface area contributed by atoms with Gasteiger partial charge >= 0.3 is 0 Å². The number of nitrogens with one attached hydrogen (secondary N) is 1. The van der Waals surface area contributed by atoms with Crippen molar-refractivity contribution in [3.8, 4) is 0 Å². The number of nitrogens with zero attached hydrogens (tertiary/aromatic N) is 3. The largest absolute Gasteiger partial charge is 0.369 e. The molecule has 2 aliphatic heterocycles. The van der Waals surface area contributed by atoms with Gasteiger partial charge in [0, 0.05) is 43.8 Å². The van der Waals surface area contributed by atoms with Gasteiger partial charge in [0.1, 0.15) is 16.7 Å². The molecule has 1 spiro atoms. The Kier molecular flexibility index (Phi) is 4.83. The molecule has 1 N–H and O–H groups in total. The SMILES string of the molecule is CC(C)NC(=O)C1COC2(CN(Cc3nccs3)C2)CN1CC1CC1. The van der Waals surface area contributed by atoms with Crippen molar-refractivity contribution in [1.29, 1.82) is 0 Å². The summed E-state index contributed by atoms with van der Waals surface area (Å²) in [5, 5.41) is 6.25. The summed E-state index contributed by atoms with van der Waals surface area (Å²) in [6.45, 7) is 9.22. The van der Waals surface area contributed by atoms with Gasteiger partial charge in [-0.2, -0.15) is 0 Å². The zero-order chi connectivity index (χ0) is 17.4. The molecule has 1 amide bonds. The summed E-state index contributed by atoms with van der Waals surface area (Å²) in [6.07, 6.45) is 4.47. The number of carbonyl (C=O) groups excluding carboxylic acids is 1. The molecule has 25 heavy (non-hydrogen) atoms. The van der Waals surface area contributed by atoms with E-state index in [1.165, 1.54) is 12.8 Å². The average molecular weight is 365 g/mol. The Morgan fingerprint density at radius 3 is 2.88 bits per heavy atom. The third-order valence-electron chi connectivity index (χ3n) is 5.27. The van der Waals surface area contributed by atoms with Gasteiger partial charge in [-0.1, -0.05) is 0 Å². The Morgan fingerprint density at radius 2 is 2.24 bits per heavy atom. The van der Waals surface area contributed by atoms with E-state index in [9.17, 15) is 4.79 Å². The average Bonchev–Trinajstić information content (AvgIpc) is 3.18. The molecule has 1 aliphatic carbocycles. The lowest BCUT2D eigenvalue weighted by molar-refractivity contribution is -0.203. The number of aromatic nitrogens is 1. The number of amides is 1. The third-order valence-corrected chi connectivity index (χ3v) is 6.03. The molecule has 3 aliphatic rings. The van der Waals surface area contributed by atoms with Crippen LogP contribution in [0.1, 0.15) is 31.7 Å². The Bertz CT molecular complexity index is 596. The Balaban J connectivity index is 1.36. The minimum atomic E-state index is -0.137. The van der Waals surface area contributed by atoms with E-state index in [-0.39, 0.29) is 23.6 Å². The summed E-state index contributed by atoms with van der Waals surface area (Å²) >= 11 is 1.71. The number of morpholine rings is 1. The van der Waals surface area contributed by atoms with Crippen molar-refractivity contribution in [2.45, 2.75) is 50.9 Å². The summed E-state index contributed by atoms with van der Waals surface area (Å²) in [4.78, 5) is 21.7. The number of carbonyl (C=O) groups is 1. The first-order chi connectivity index (χ1) is 12.0. The molecule has 138 valence electrons. The first-order valence-electron chi connectivity index (χ1n) is 9.32. The zero-order valence-electron chi connectivity index (χ0n) is 15.1. The first kappa shape index (κ1) is 17.4. The molecule has 3 heterocycles. The summed E-state index contributed by atoms with van der Waals surface area (Å²) < 4.78 is 6.24. The molecular formula is C18H28N4O2S. The molecular weight excluding hydrogens is 336 g/mol. The summed E-state index contributed by atoms with van der Waals surface area (Å²) in [7, 11) is 0. The molecule has 3 fully saturated rings. The van der Waals surface area contributed by atoms with Crippen molar-refractivity contribution in [2.75, 3.05) is 32.8 Å². The van der Waals surface area contributed by atoms with Crippen LogP contribution >= 0.6 is 11.3 Å². The molecule has 4 rings (SSSR count). The van der Waals surface area contributed by atoms with Crippen molar-refractivity contribution in [2.24, 2.45) is 5.92 Å². The summed E-state index contributed by atoms with van der Waals surface area (Å²) in [6, 6.07) is 0.0327. The van der Waals surface area contributed by atoms with Crippen LogP contribution in [-0.4, -0.2) is 71.2 Å². The van der Waals surface area contributed by atoms with Crippen LogP contribution in [0.4, 0.5) is 0 Å². The number of rotatable bonds is 6. The van der Waals surface area contributed by atoms with Crippen LogP contribution in [0, 0.1) is 5.92 Å². The van der Waals surface area contributed by atoms with E-state index >= 15 is 0 Å². The molecule has 6 nitrogen and oxygen atoms in total. The predicted molar refractivity (Wildman–Crippen MR) is 97.4 cm³/mol. The fourth-order valence-electron chi connectivity index (χ4n) is 3.93. The van der Waals surface area contributed by atoms with Gasteiger partial charge < -0.3 is 10.1 Å². The predicted octanol–water partition coefficient (Wildman–Crippen LogP) is 1.33. The number of ether oxygens (including phenoxy) is 1. The monoisotopic (exact) mass is 364 g/mol. The van der Waals surface area contributed by atoms with Gasteiger partial charge in [-0.15, -0.1) is 11.3 Å². The zero-order valence-corrected chi connectivity index (χ0v) is 15.9. The van der Waals surface area contributed by atoms with E-state index in [0.717, 1.165) is 43.6 Å². The molecule has 1 aromatic heterocycles. The third kappa shape index (κ3) is 4.05. The van der Waals surface area contributed by atoms with E-state index in [1.54, 1.807) is 11.3 Å². The Morgan fingerprint density at radius 1 is 1.44 bits per heavy atom. The van der Waals surface area contributed by atoms with Crippen LogP contribution in [0.2, 0.25) is 0 Å². The second-order valence-corrected chi connectivity index (χ2v) is 9.10. The van der Waals surface area contributed by atoms with Gasteiger partial charge in [0.25, 0.3) is 0 Å². The standard InChI is InChI=1S/C18H28N4O2S/c1-13(2)20-17(23)15-9-24-18(12-22(15)7-14-3-4-14)10-21(11-18)8-16-19-5-6-25-16/h5-6,13-15H,3-4,7-12H2,1-2H3,(H,20,23). The number of thiazole rings is 1. The second-order valence-electron chi connectivity index (χ2n) is 8.12. The molecule has 0 radical (unpaired) electrons. The van der Waals surface area contributed by atoms with E-state index in [4.69, 9.17) is 4.74 Å². The van der Waals surface area contributed by atoms with Crippen molar-refractivity contribution in [3.05, 3.63) is 16.6 Å². The maximum absolute atomic E-state index is 12.6. The van der Waals surface area contributed by atoms with E-state index in [1.807, 2.05) is 25.4 Å². The van der Waals surface area contributed by atoms with Crippen LogP contribution in [0.15, 0.2) is 11.6 Å². The smallest absolute Gasteiger partial charge is 0.239 e. The molecule has 1 saturated carbocycles. The van der Waals surface area contributed by atoms with Gasteiger partial charge in [0.15, 0.2) is 0 Å². The topological polar surface area (TPSA) is 57.7 Å². The highest BCUT2D eigenvalue weighted by atomic mass is 32.1. The lowest BCUT2D eigenvalue weighted by atomic mass is 9.90. The van der Waals surface area contributed by atoms with Crippen molar-refractivity contribution < 1.29 is 9.53 Å². The highest BCUT2D eigenvalue weighted by molar-refractivity contribution is 7.09. The van der Waals surface area contributed by atoms with Gasteiger partial charge in [-0.25, -0.2) is 4.98 Å². The summed E-state index contributed by atoms with van der Waals surface area (Å²) in [5.74, 6) is 0.889. The lowest BCUT2D eigenvalue weighted by Crippen LogP contribution is -2.72. The van der Waals surface area contributed by atoms with Crippen molar-refractivity contribution in [3.63, 3.8) is 0 Å². The molecule has 0 bridgehead atoms. The van der Waals surface area contributed by atoms with Crippen LogP contribution in [0.25, 0.3) is 0 Å². The first-order valence-corrected chi connectivity index (χ1v) is 10.2. The Labute approximate surface area is 153 Å². The lowest BCUT2D eigenvalue weighted by Gasteiger charge is -2.55. The van der Waals surface area contributed by atoms with E-state index in [0.29, 0.717) is 6.61 Å². The molecule has 1 atom stereocenters. The Hall–Kier alpha value is -1.02. The highest BCUT2D eigenvalue weighted by Crippen LogP contribution is 2.36. The van der Waals surface area contributed by atoms with Crippen LogP contribution in [0.3, 0.4) is 0 Å². The molecule has 7 heteroatoms. The van der Waals surface area contributed by atoms with Crippen molar-refractivity contribution >= 4 is 17.2 Å². The van der Waals surface area contributed by atoms with Gasteiger partial charge in [-0.05, 0) is 32.6 Å². The highest BCUT2D eigenvalue weighted by Gasteiger charge is 2.51. The van der Waals surface area contributed by atoms with Gasteiger partial charge in [-0.3, -0.25) is 14.6 Å². The molecule has 0 aromatic carbocycles. The molecule has 2 saturated heterocycles. The molecule has 1 aromatic rings. The second kappa shape index (κ2) is 6.95. The maximum Gasteiger partial charge on any atom is 0.239 e. The quantitative estimate of drug-likeness (QED) is 0.825. The van der Waals surface area contributed by atoms with Gasteiger partial charge in [0.05, 0.1) is 13.2 Å². The maximum atomic E-state index is 12.6. The van der Waals surface area contributed by atoms with Gasteiger partial charge in [0.2, 0.25) is 5.91 Å². The number of hydrogen-bond donors (Lipinski definition) is 1. The van der Waals surface area contributed by atoms with E-state index in [2.05, 4.69) is 20.1 Å². The van der Waals surface area contributed by atoms with Crippen LogP contribution in [0.5, 0.6) is 0 Å². The van der Waals surface area contributed by atoms with Crippen LogP contribution < -0.4 is 5.32 Å². The number of likely N-dealkylation sites (tertiary alicyclic amines) is 1.